The van der Waals surface area contributed by atoms with Crippen LogP contribution in [0.3, 0.4) is 0 Å². The quantitative estimate of drug-likeness (QED) is 0.0508. The van der Waals surface area contributed by atoms with Gasteiger partial charge in [0, 0.05) is 14.6 Å². The topological polar surface area (TPSA) is 40.1 Å². The molecule has 0 amide bonds. The third-order valence-electron chi connectivity index (χ3n) is 10.8. The highest BCUT2D eigenvalue weighted by atomic mass is 31.2. The molecule has 0 bridgehead atoms. The zero-order valence-corrected chi connectivity index (χ0v) is 38.9. The predicted octanol–water partition coefficient (Wildman–Crippen LogP) is 16.6. The summed E-state index contributed by atoms with van der Waals surface area (Å²) in [5.41, 5.74) is 0.0688. The minimum absolute atomic E-state index is 0.0761. The fraction of sp³-hybridized carbons (Fsp3) is 1.00. The van der Waals surface area contributed by atoms with E-state index in [9.17, 15) is 9.46 Å². The van der Waals surface area contributed by atoms with E-state index in [1.807, 2.05) is 6.92 Å². The Morgan fingerprint density at radius 1 is 0.460 bits per heavy atom. The van der Waals surface area contributed by atoms with Crippen LogP contribution in [0.1, 0.15) is 244 Å². The maximum absolute atomic E-state index is 12.3. The summed E-state index contributed by atoms with van der Waals surface area (Å²) in [5.74, 6) is 0.246. The van der Waals surface area contributed by atoms with Crippen molar-refractivity contribution >= 4 is 14.6 Å². The molecular weight excluding hydrogens is 646 g/mol. The van der Waals surface area contributed by atoms with Crippen molar-refractivity contribution in [3.63, 3.8) is 0 Å². The van der Waals surface area contributed by atoms with Gasteiger partial charge in [-0.25, -0.2) is 0 Å². The van der Waals surface area contributed by atoms with E-state index in [-0.39, 0.29) is 22.4 Å². The van der Waals surface area contributed by atoms with Crippen molar-refractivity contribution in [1.29, 1.82) is 0 Å². The molecule has 304 valence electrons. The minimum Gasteiger partial charge on any atom is -0.799 e. The molecule has 3 unspecified atom stereocenters. The van der Waals surface area contributed by atoms with Gasteiger partial charge in [-0.05, 0) is 86.4 Å². The molecule has 4 heteroatoms. The second kappa shape index (κ2) is 31.9. The molecule has 0 aliphatic rings. The Labute approximate surface area is 319 Å². The molecule has 0 aliphatic heterocycles. The molecule has 0 aliphatic carbocycles. The summed E-state index contributed by atoms with van der Waals surface area (Å²) in [6, 6.07) is 0. The first kappa shape index (κ1) is 52.7. The highest BCUT2D eigenvalue weighted by Crippen LogP contribution is 2.61. The van der Waals surface area contributed by atoms with E-state index in [0.29, 0.717) is 6.16 Å². The molecule has 3 atom stereocenters. The Bertz CT molecular complexity index is 753. The van der Waals surface area contributed by atoms with Crippen LogP contribution in [0.15, 0.2) is 0 Å². The average Bonchev–Trinajstić information content (AvgIpc) is 3.00. The summed E-state index contributed by atoms with van der Waals surface area (Å²) in [6.07, 6.45) is 42.6. The van der Waals surface area contributed by atoms with Gasteiger partial charge >= 0.3 is 0 Å². The van der Waals surface area contributed by atoms with Gasteiger partial charge in [0.1, 0.15) is 0 Å². The molecule has 0 aromatic rings. The van der Waals surface area contributed by atoms with Crippen LogP contribution in [0, 0.1) is 16.7 Å². The van der Waals surface area contributed by atoms with E-state index in [1.165, 1.54) is 128 Å². The lowest BCUT2D eigenvalue weighted by molar-refractivity contribution is -0.178. The van der Waals surface area contributed by atoms with Crippen molar-refractivity contribution in [3.05, 3.63) is 0 Å². The highest BCUT2D eigenvalue weighted by Gasteiger charge is 2.35. The van der Waals surface area contributed by atoms with E-state index in [2.05, 4.69) is 76.2 Å². The standard InChI is InChI=1S/C31H66P.C15H33O2P/c1-5-9-13-16-17-18-19-20-21-22-23-27-31-32(28-24-12-8-4,29-25-14-10-6-2)30-26-15-11-7-3;1-12(9-14(3,4)5)11-18(16,17)13(2)10-15(6,7)8/h5-31H2,1-4H3;12-13H,9-11H2,1-8H3,(H,16,17)/q+1;/p-1. The van der Waals surface area contributed by atoms with Crippen LogP contribution in [-0.4, -0.2) is 36.5 Å². The second-order valence-corrected chi connectivity index (χ2v) is 26.5. The van der Waals surface area contributed by atoms with Crippen LogP contribution < -0.4 is 4.89 Å². The molecule has 0 spiro atoms. The molecular formula is C46H98O2P2. The van der Waals surface area contributed by atoms with Crippen LogP contribution in [0.4, 0.5) is 0 Å². The smallest absolute Gasteiger partial charge is 0.0594 e. The van der Waals surface area contributed by atoms with Gasteiger partial charge in [0.15, 0.2) is 0 Å². The van der Waals surface area contributed by atoms with E-state index < -0.39 is 14.6 Å². The van der Waals surface area contributed by atoms with E-state index in [4.69, 9.17) is 0 Å². The van der Waals surface area contributed by atoms with Gasteiger partial charge in [-0.15, -0.1) is 0 Å². The van der Waals surface area contributed by atoms with Crippen LogP contribution in [0.5, 0.6) is 0 Å². The van der Waals surface area contributed by atoms with Crippen LogP contribution >= 0.6 is 14.6 Å². The fourth-order valence-electron chi connectivity index (χ4n) is 8.15. The Morgan fingerprint density at radius 2 is 0.720 bits per heavy atom. The summed E-state index contributed by atoms with van der Waals surface area (Å²) < 4.78 is 12.3. The predicted molar refractivity (Wildman–Crippen MR) is 235 cm³/mol. The largest absolute Gasteiger partial charge is 0.799 e. The molecule has 0 aromatic carbocycles. The summed E-state index contributed by atoms with van der Waals surface area (Å²) in [4.78, 5) is 12.3. The number of rotatable bonds is 32. The second-order valence-electron chi connectivity index (χ2n) is 19.3. The third kappa shape index (κ3) is 34.4. The highest BCUT2D eigenvalue weighted by molar-refractivity contribution is 7.75. The van der Waals surface area contributed by atoms with E-state index in [1.54, 1.807) is 43.9 Å². The van der Waals surface area contributed by atoms with Gasteiger partial charge in [0.25, 0.3) is 0 Å². The van der Waals surface area contributed by atoms with Crippen LogP contribution in [0.25, 0.3) is 0 Å². The molecule has 2 nitrogen and oxygen atoms in total. The lowest BCUT2D eigenvalue weighted by Gasteiger charge is -2.37. The Kier molecular flexibility index (Phi) is 33.7. The van der Waals surface area contributed by atoms with Gasteiger partial charge in [-0.2, -0.15) is 0 Å². The minimum atomic E-state index is -3.27. The molecule has 0 radical (unpaired) electrons. The number of hydrogen-bond acceptors (Lipinski definition) is 2. The van der Waals surface area contributed by atoms with Gasteiger partial charge < -0.3 is 9.46 Å². The molecule has 0 rings (SSSR count). The molecule has 0 heterocycles. The molecule has 0 aromatic heterocycles. The first-order chi connectivity index (χ1) is 23.5. The lowest BCUT2D eigenvalue weighted by atomic mass is 9.86. The van der Waals surface area contributed by atoms with E-state index >= 15 is 0 Å². The van der Waals surface area contributed by atoms with E-state index in [0.717, 1.165) is 12.8 Å². The van der Waals surface area contributed by atoms with Crippen molar-refractivity contribution in [2.45, 2.75) is 249 Å². The van der Waals surface area contributed by atoms with Crippen molar-refractivity contribution in [2.75, 3.05) is 30.8 Å². The summed E-state index contributed by atoms with van der Waals surface area (Å²) in [7, 11) is -3.96. The molecule has 0 saturated heterocycles. The van der Waals surface area contributed by atoms with Crippen molar-refractivity contribution in [2.24, 2.45) is 16.7 Å². The lowest BCUT2D eigenvalue weighted by Crippen LogP contribution is -2.25. The van der Waals surface area contributed by atoms with Gasteiger partial charge in [-0.1, -0.05) is 186 Å². The third-order valence-corrected chi connectivity index (χ3v) is 18.5. The first-order valence-electron chi connectivity index (χ1n) is 22.6. The number of unbranched alkanes of at least 4 members (excludes halogenated alkanes) is 19. The Hall–Kier alpha value is 0.620. The van der Waals surface area contributed by atoms with Crippen LogP contribution in [-0.2, 0) is 4.57 Å². The average molecular weight is 745 g/mol. The summed E-state index contributed by atoms with van der Waals surface area (Å²) >= 11 is 0. The Morgan fingerprint density at radius 3 is 1.04 bits per heavy atom. The van der Waals surface area contributed by atoms with Crippen molar-refractivity contribution in [1.82, 2.24) is 0 Å². The fourth-order valence-corrected chi connectivity index (χ4v) is 15.3. The molecule has 0 saturated carbocycles. The van der Waals surface area contributed by atoms with Gasteiger partial charge in [-0.3, -0.25) is 0 Å². The number of hydrogen-bond donors (Lipinski definition) is 0. The molecule has 50 heavy (non-hydrogen) atoms. The van der Waals surface area contributed by atoms with Crippen molar-refractivity contribution < 1.29 is 9.46 Å². The SMILES string of the molecule is CC(CC(C)(C)C)CP(=O)([O-])C(C)CC(C)(C)C.CCCCCCCCCCCCCC[P+](CCCCC)(CCCCCC)CCCCCC. The Balaban J connectivity index is 0. The maximum Gasteiger partial charge on any atom is 0.0594 e. The van der Waals surface area contributed by atoms with Crippen molar-refractivity contribution in [3.8, 4) is 0 Å². The van der Waals surface area contributed by atoms with Gasteiger partial charge in [0.05, 0.1) is 24.6 Å². The normalized spacial score (nSPS) is 15.0. The zero-order chi connectivity index (χ0) is 38.4. The summed E-state index contributed by atoms with van der Waals surface area (Å²) in [6.45, 7) is 26.1. The zero-order valence-electron chi connectivity index (χ0n) is 37.1. The maximum atomic E-state index is 12.3. The molecule has 0 N–H and O–H groups in total. The first-order valence-corrected chi connectivity index (χ1v) is 27.0. The summed E-state index contributed by atoms with van der Waals surface area (Å²) in [5, 5.41) is 0. The van der Waals surface area contributed by atoms with Crippen LogP contribution in [0.2, 0.25) is 0 Å². The monoisotopic (exact) mass is 745 g/mol. The molecule has 0 fully saturated rings. The van der Waals surface area contributed by atoms with Gasteiger partial charge in [0.2, 0.25) is 0 Å².